The summed E-state index contributed by atoms with van der Waals surface area (Å²) in [5, 5.41) is 2.72. The maximum absolute atomic E-state index is 13.8. The van der Waals surface area contributed by atoms with Gasteiger partial charge >= 0.3 is 30.6 Å². The van der Waals surface area contributed by atoms with Gasteiger partial charge in [0.2, 0.25) is 23.5 Å². The molecule has 7 nitrogen and oxygen atoms in total. The van der Waals surface area contributed by atoms with Crippen molar-refractivity contribution < 1.29 is 71.1 Å². The van der Waals surface area contributed by atoms with E-state index in [4.69, 9.17) is 11.5 Å². The summed E-state index contributed by atoms with van der Waals surface area (Å²) >= 11 is 0. The Bertz CT molecular complexity index is 1870. The molecule has 50 heavy (non-hydrogen) atoms. The Morgan fingerprint density at radius 1 is 0.820 bits per heavy atom. The lowest BCUT2D eigenvalue weighted by Crippen LogP contribution is -2.52. The van der Waals surface area contributed by atoms with E-state index in [9.17, 15) is 71.1 Å². The first kappa shape index (κ1) is 37.8. The van der Waals surface area contributed by atoms with E-state index in [1.807, 2.05) is 0 Å². The van der Waals surface area contributed by atoms with E-state index in [1.165, 1.54) is 6.92 Å². The SMILES string of the molecule is Cc1cc(Cn2nc(C(F)(F)C(F)(F)F)nc2C(F)(F)F)ccc1C1(C(N)=O)C=CC=C(c2cc(C(F)(F)F)cc(C(F)(F)F)c2)C1C(N)=O. The van der Waals surface area contributed by atoms with Gasteiger partial charge in [-0.05, 0) is 52.9 Å². The minimum atomic E-state index is -6.36. The second kappa shape index (κ2) is 12.1. The number of aromatic nitrogens is 3. The van der Waals surface area contributed by atoms with Gasteiger partial charge in [0.15, 0.2) is 0 Å². The summed E-state index contributed by atoms with van der Waals surface area (Å²) in [6, 6.07) is 3.25. The molecule has 2 amide bonds. The molecule has 1 aromatic heterocycles. The van der Waals surface area contributed by atoms with Crippen LogP contribution in [0.2, 0.25) is 0 Å². The van der Waals surface area contributed by atoms with Crippen LogP contribution in [0.4, 0.5) is 61.5 Å². The predicted molar refractivity (Wildman–Crippen MR) is 142 cm³/mol. The van der Waals surface area contributed by atoms with Gasteiger partial charge < -0.3 is 11.5 Å². The zero-order valence-electron chi connectivity index (χ0n) is 24.6. The Labute approximate surface area is 270 Å². The van der Waals surface area contributed by atoms with Crippen LogP contribution in [0.5, 0.6) is 0 Å². The highest BCUT2D eigenvalue weighted by Gasteiger charge is 2.62. The van der Waals surface area contributed by atoms with E-state index in [0.29, 0.717) is 0 Å². The maximum atomic E-state index is 13.8. The summed E-state index contributed by atoms with van der Waals surface area (Å²) in [7, 11) is 0. The van der Waals surface area contributed by atoms with E-state index in [2.05, 4.69) is 10.1 Å². The number of carbonyl (C=O) groups excluding carboxylic acids is 2. The van der Waals surface area contributed by atoms with E-state index < -0.39 is 94.2 Å². The number of nitrogens with zero attached hydrogens (tertiary/aromatic N) is 3. The predicted octanol–water partition coefficient (Wildman–Crippen LogP) is 6.82. The highest BCUT2D eigenvalue weighted by molar-refractivity contribution is 6.04. The maximum Gasteiger partial charge on any atom is 0.461 e. The lowest BCUT2D eigenvalue weighted by molar-refractivity contribution is -0.292. The van der Waals surface area contributed by atoms with Gasteiger partial charge in [0, 0.05) is 0 Å². The summed E-state index contributed by atoms with van der Waals surface area (Å²) in [5.41, 5.74) is 3.16. The van der Waals surface area contributed by atoms with Crippen molar-refractivity contribution in [1.29, 1.82) is 0 Å². The van der Waals surface area contributed by atoms with Crippen molar-refractivity contribution in [3.05, 3.63) is 99.7 Å². The number of hydrogen-bond acceptors (Lipinski definition) is 4. The molecule has 0 saturated carbocycles. The van der Waals surface area contributed by atoms with E-state index in [1.54, 1.807) is 0 Å². The van der Waals surface area contributed by atoms with Gasteiger partial charge in [0.1, 0.15) is 5.41 Å². The largest absolute Gasteiger partial charge is 0.461 e. The number of primary amides is 2. The van der Waals surface area contributed by atoms with Crippen molar-refractivity contribution in [2.75, 3.05) is 0 Å². The molecule has 0 aliphatic heterocycles. The monoisotopic (exact) mass is 735 g/mol. The van der Waals surface area contributed by atoms with Crippen molar-refractivity contribution >= 4 is 17.4 Å². The van der Waals surface area contributed by atoms with Crippen LogP contribution in [-0.4, -0.2) is 32.8 Å². The fraction of sp³-hybridized carbons (Fsp3) is 0.310. The summed E-state index contributed by atoms with van der Waals surface area (Å²) in [6.45, 7) is 0.0415. The quantitative estimate of drug-likeness (QED) is 0.259. The minimum absolute atomic E-state index is 0.131. The standard InChI is InChI=1S/C29H19F14N5O2/c1-12-7-13(11-48-23(28(38,39)40)46-22(47-48)25(30,31)29(41,42)43)4-5-18(12)24(21(45)50)6-2-3-17(19(24)20(44)49)14-8-15(26(32,33)34)10-16(9-14)27(35,36)37/h2-10,19H,11H2,1H3,(H2,44,49)(H2,45,50). The smallest absolute Gasteiger partial charge is 0.369 e. The molecular weight excluding hydrogens is 716 g/mol. The molecule has 4 N–H and O–H groups in total. The fourth-order valence-electron chi connectivity index (χ4n) is 5.49. The highest BCUT2D eigenvalue weighted by atomic mass is 19.4. The molecule has 0 fully saturated rings. The lowest BCUT2D eigenvalue weighted by Gasteiger charge is -2.39. The van der Waals surface area contributed by atoms with Gasteiger partial charge in [-0.2, -0.15) is 61.5 Å². The number of aryl methyl sites for hydroxylation is 1. The number of alkyl halides is 14. The summed E-state index contributed by atoms with van der Waals surface area (Å²) in [5.74, 6) is -15.6. The number of benzene rings is 2. The second-order valence-corrected chi connectivity index (χ2v) is 11.0. The van der Waals surface area contributed by atoms with Crippen LogP contribution < -0.4 is 11.5 Å². The Morgan fingerprint density at radius 3 is 1.82 bits per heavy atom. The van der Waals surface area contributed by atoms with Crippen LogP contribution in [0.15, 0.2) is 54.6 Å². The molecular formula is C29H19F14N5O2. The van der Waals surface area contributed by atoms with Gasteiger partial charge in [-0.15, -0.1) is 5.10 Å². The van der Waals surface area contributed by atoms with Crippen LogP contribution in [0, 0.1) is 12.8 Å². The lowest BCUT2D eigenvalue weighted by atomic mass is 9.62. The number of amides is 2. The van der Waals surface area contributed by atoms with Gasteiger partial charge in [0.05, 0.1) is 23.6 Å². The van der Waals surface area contributed by atoms with Crippen LogP contribution in [0.1, 0.15) is 45.0 Å². The van der Waals surface area contributed by atoms with E-state index >= 15 is 0 Å². The molecule has 0 radical (unpaired) electrons. The topological polar surface area (TPSA) is 117 Å². The zero-order chi connectivity index (χ0) is 38.0. The average Bonchev–Trinajstić information content (AvgIpc) is 3.40. The normalized spacial score (nSPS) is 19.0. The number of rotatable bonds is 7. The van der Waals surface area contributed by atoms with Crippen LogP contribution in [0.25, 0.3) is 5.57 Å². The molecule has 2 atom stereocenters. The third kappa shape index (κ3) is 6.76. The molecule has 1 aliphatic rings. The van der Waals surface area contributed by atoms with Crippen LogP contribution >= 0.6 is 0 Å². The molecule has 3 aromatic rings. The van der Waals surface area contributed by atoms with E-state index in [0.717, 1.165) is 36.4 Å². The molecule has 1 heterocycles. The molecule has 270 valence electrons. The number of allylic oxidation sites excluding steroid dienone is 2. The third-order valence-electron chi connectivity index (χ3n) is 7.65. The van der Waals surface area contributed by atoms with Gasteiger partial charge in [-0.25, -0.2) is 9.67 Å². The first-order valence-corrected chi connectivity index (χ1v) is 13.5. The molecule has 2 unspecified atom stereocenters. The fourth-order valence-corrected chi connectivity index (χ4v) is 5.49. The summed E-state index contributed by atoms with van der Waals surface area (Å²) in [4.78, 5) is 28.4. The first-order valence-electron chi connectivity index (χ1n) is 13.5. The molecule has 1 aliphatic carbocycles. The Balaban J connectivity index is 1.86. The van der Waals surface area contributed by atoms with Crippen molar-refractivity contribution in [2.45, 2.75) is 49.5 Å². The van der Waals surface area contributed by atoms with E-state index in [-0.39, 0.29) is 39.6 Å². The molecule has 0 bridgehead atoms. The Hall–Kier alpha value is -4.98. The van der Waals surface area contributed by atoms with Crippen molar-refractivity contribution in [3.8, 4) is 0 Å². The molecule has 21 heteroatoms. The van der Waals surface area contributed by atoms with Crippen molar-refractivity contribution in [3.63, 3.8) is 0 Å². The molecule has 0 saturated heterocycles. The van der Waals surface area contributed by atoms with Crippen molar-refractivity contribution in [1.82, 2.24) is 14.8 Å². The van der Waals surface area contributed by atoms with Gasteiger partial charge in [-0.1, -0.05) is 36.4 Å². The molecule has 4 rings (SSSR count). The third-order valence-corrected chi connectivity index (χ3v) is 7.65. The van der Waals surface area contributed by atoms with Gasteiger partial charge in [0.25, 0.3) is 0 Å². The number of halogens is 14. The first-order chi connectivity index (χ1) is 22.6. The summed E-state index contributed by atoms with van der Waals surface area (Å²) < 4.78 is 188. The van der Waals surface area contributed by atoms with Crippen LogP contribution in [0.3, 0.4) is 0 Å². The summed E-state index contributed by atoms with van der Waals surface area (Å²) in [6.07, 6.45) is -19.7. The zero-order valence-corrected chi connectivity index (χ0v) is 24.6. The second-order valence-electron chi connectivity index (χ2n) is 11.0. The molecule has 2 aromatic carbocycles. The Morgan fingerprint density at radius 2 is 1.38 bits per heavy atom. The number of carbonyl (C=O) groups is 2. The van der Waals surface area contributed by atoms with Crippen LogP contribution in [-0.2, 0) is 46.0 Å². The number of hydrogen-bond donors (Lipinski definition) is 2. The molecule has 0 spiro atoms. The Kier molecular flexibility index (Phi) is 9.16. The number of nitrogens with two attached hydrogens (primary N) is 2. The van der Waals surface area contributed by atoms with Gasteiger partial charge in [-0.3, -0.25) is 9.59 Å². The highest BCUT2D eigenvalue weighted by Crippen LogP contribution is 2.48. The minimum Gasteiger partial charge on any atom is -0.369 e. The van der Waals surface area contributed by atoms with Crippen molar-refractivity contribution in [2.24, 2.45) is 17.4 Å². The average molecular weight is 735 g/mol.